The lowest BCUT2D eigenvalue weighted by atomic mass is 9.98. The van der Waals surface area contributed by atoms with Crippen molar-refractivity contribution in [2.75, 3.05) is 0 Å². The van der Waals surface area contributed by atoms with Gasteiger partial charge in [-0.1, -0.05) is 0 Å². The van der Waals surface area contributed by atoms with Crippen LogP contribution in [-0.4, -0.2) is 41.4 Å². The first-order valence-electron chi connectivity index (χ1n) is 6.88. The van der Waals surface area contributed by atoms with Crippen LogP contribution < -0.4 is 5.82 Å². The van der Waals surface area contributed by atoms with Crippen molar-refractivity contribution in [2.45, 2.75) is 50.0 Å². The van der Waals surface area contributed by atoms with Gasteiger partial charge in [-0.05, 0) is 20.8 Å². The number of β-lactam (4-membered cyclic amide) rings is 1. The molecule has 1 aromatic heterocycles. The van der Waals surface area contributed by atoms with Crippen molar-refractivity contribution in [2.24, 2.45) is 0 Å². The van der Waals surface area contributed by atoms with Gasteiger partial charge in [0.1, 0.15) is 11.4 Å². The Labute approximate surface area is 131 Å². The predicted octanol–water partition coefficient (Wildman–Crippen LogP) is -0.282. The van der Waals surface area contributed by atoms with E-state index in [-0.39, 0.29) is 24.5 Å². The number of hydrogen-bond donors (Lipinski definition) is 0. The molecule has 0 N–H and O–H groups in total. The van der Waals surface area contributed by atoms with E-state index in [0.717, 1.165) is 4.90 Å². The van der Waals surface area contributed by atoms with Gasteiger partial charge in [0.25, 0.3) is 0 Å². The Morgan fingerprint density at radius 3 is 2.52 bits per heavy atom. The molecule has 0 saturated carbocycles. The van der Waals surface area contributed by atoms with E-state index in [1.165, 1.54) is 20.8 Å². The summed E-state index contributed by atoms with van der Waals surface area (Å²) in [6.45, 7) is 3.87. The molecule has 2 saturated heterocycles. The number of carbonyl (C=O) groups is 2. The molecule has 0 aromatic carbocycles. The van der Waals surface area contributed by atoms with E-state index in [4.69, 9.17) is 9.15 Å². The zero-order valence-electron chi connectivity index (χ0n) is 12.7. The first-order chi connectivity index (χ1) is 10.6. The highest BCUT2D eigenvalue weighted by atomic mass is 32.2. The highest BCUT2D eigenvalue weighted by Crippen LogP contribution is 2.46. The van der Waals surface area contributed by atoms with Crippen LogP contribution in [0.25, 0.3) is 0 Å². The maximum Gasteiger partial charge on any atom is 0.519 e. The van der Waals surface area contributed by atoms with Gasteiger partial charge in [0.05, 0.1) is 11.2 Å². The third-order valence-electron chi connectivity index (χ3n) is 4.38. The van der Waals surface area contributed by atoms with Gasteiger partial charge in [-0.3, -0.25) is 4.79 Å². The molecule has 2 atom stereocenters. The molecule has 126 valence electrons. The van der Waals surface area contributed by atoms with Crippen molar-refractivity contribution < 1.29 is 31.6 Å². The Hall–Kier alpha value is -2.10. The van der Waals surface area contributed by atoms with E-state index >= 15 is 0 Å². The van der Waals surface area contributed by atoms with Crippen LogP contribution >= 0.6 is 0 Å². The molecule has 1 amide bonds. The second-order valence-corrected chi connectivity index (χ2v) is 8.74. The molecule has 0 radical (unpaired) electrons. The average Bonchev–Trinajstić information content (AvgIpc) is 2.81. The van der Waals surface area contributed by atoms with Gasteiger partial charge in [-0.25, -0.2) is 18.0 Å². The average molecular weight is 345 g/mol. The number of carbonyl (C=O) groups excluding carboxylic acids is 2. The Morgan fingerprint density at radius 2 is 2.00 bits per heavy atom. The second kappa shape index (κ2) is 4.70. The first-order valence-corrected chi connectivity index (χ1v) is 8.42. The minimum atomic E-state index is -3.67. The van der Waals surface area contributed by atoms with E-state index in [9.17, 15) is 22.8 Å². The number of rotatable bonds is 3. The Bertz CT molecular complexity index is 846. The molecule has 9 nitrogen and oxygen atoms in total. The largest absolute Gasteiger partial charge is 0.519 e. The van der Waals surface area contributed by atoms with Gasteiger partial charge >= 0.3 is 11.8 Å². The fourth-order valence-electron chi connectivity index (χ4n) is 2.93. The standard InChI is InChI=1S/C13H15NO8S/c1-6-7(22-12(17)21-6)5-20-11(16)10-13(2,3)23(18,19)9-4-8(15)14(9)10/h9-10H,4-5H2,1-3H3/t9-,10+/m1/s1. The molecule has 0 aliphatic carbocycles. The number of esters is 1. The molecular weight excluding hydrogens is 330 g/mol. The molecule has 0 unspecified atom stereocenters. The van der Waals surface area contributed by atoms with E-state index in [1.807, 2.05) is 0 Å². The Balaban J connectivity index is 1.83. The molecule has 3 heterocycles. The van der Waals surface area contributed by atoms with Crippen LogP contribution in [0.1, 0.15) is 31.8 Å². The number of aryl methyl sites for hydroxylation is 1. The van der Waals surface area contributed by atoms with Crippen LogP contribution in [0.2, 0.25) is 0 Å². The summed E-state index contributed by atoms with van der Waals surface area (Å²) < 4.78 is 37.7. The SMILES string of the molecule is Cc1oc(=O)oc1COC(=O)[C@@H]1N2C(=O)C[C@H]2S(=O)(=O)C1(C)C. The second-order valence-electron chi connectivity index (χ2n) is 6.05. The zero-order valence-corrected chi connectivity index (χ0v) is 13.5. The van der Waals surface area contributed by atoms with Crippen LogP contribution in [0.4, 0.5) is 0 Å². The summed E-state index contributed by atoms with van der Waals surface area (Å²) in [6, 6.07) is -1.22. The molecule has 10 heteroatoms. The lowest BCUT2D eigenvalue weighted by molar-refractivity contribution is -0.162. The third kappa shape index (κ3) is 2.04. The van der Waals surface area contributed by atoms with Crippen LogP contribution in [-0.2, 0) is 30.8 Å². The van der Waals surface area contributed by atoms with Gasteiger partial charge in [-0.2, -0.15) is 0 Å². The molecule has 3 rings (SSSR count). The minimum Gasteiger partial charge on any atom is -0.456 e. The fraction of sp³-hybridized carbons (Fsp3) is 0.615. The maximum atomic E-state index is 12.4. The van der Waals surface area contributed by atoms with Crippen molar-refractivity contribution >= 4 is 21.7 Å². The lowest BCUT2D eigenvalue weighted by Gasteiger charge is -2.36. The monoisotopic (exact) mass is 345 g/mol. The third-order valence-corrected chi connectivity index (χ3v) is 7.18. The molecule has 2 aliphatic heterocycles. The summed E-state index contributed by atoms with van der Waals surface area (Å²) in [5, 5.41) is -0.976. The normalized spacial score (nSPS) is 27.4. The summed E-state index contributed by atoms with van der Waals surface area (Å²) in [6.07, 6.45) is -0.120. The molecule has 1 aromatic rings. The molecule has 0 spiro atoms. The minimum absolute atomic E-state index is 0.0356. The number of ether oxygens (including phenoxy) is 1. The number of amides is 1. The molecule has 2 aliphatic rings. The van der Waals surface area contributed by atoms with Gasteiger partial charge in [-0.15, -0.1) is 0 Å². The number of fused-ring (bicyclic) bond motifs is 1. The van der Waals surface area contributed by atoms with Gasteiger partial charge in [0.15, 0.2) is 28.0 Å². The van der Waals surface area contributed by atoms with Crippen molar-refractivity contribution in [3.63, 3.8) is 0 Å². The highest BCUT2D eigenvalue weighted by molar-refractivity contribution is 7.93. The van der Waals surface area contributed by atoms with E-state index in [0.29, 0.717) is 0 Å². The number of nitrogens with zero attached hydrogens (tertiary/aromatic N) is 1. The molecule has 0 bridgehead atoms. The van der Waals surface area contributed by atoms with Gasteiger partial charge < -0.3 is 18.5 Å². The number of hydrogen-bond acceptors (Lipinski definition) is 8. The van der Waals surface area contributed by atoms with Gasteiger partial charge in [0.2, 0.25) is 5.91 Å². The zero-order chi connectivity index (χ0) is 17.2. The van der Waals surface area contributed by atoms with Gasteiger partial charge in [0, 0.05) is 0 Å². The van der Waals surface area contributed by atoms with E-state index in [1.54, 1.807) is 0 Å². The molecule has 2 fully saturated rings. The van der Waals surface area contributed by atoms with Crippen LogP contribution in [0.5, 0.6) is 0 Å². The number of sulfone groups is 1. The maximum absolute atomic E-state index is 12.4. The lowest BCUT2D eigenvalue weighted by Crippen LogP contribution is -2.57. The molecule has 23 heavy (non-hydrogen) atoms. The smallest absolute Gasteiger partial charge is 0.456 e. The van der Waals surface area contributed by atoms with Crippen molar-refractivity contribution in [3.05, 3.63) is 22.1 Å². The van der Waals surface area contributed by atoms with Crippen LogP contribution in [0, 0.1) is 6.92 Å². The van der Waals surface area contributed by atoms with E-state index in [2.05, 4.69) is 4.42 Å². The summed E-state index contributed by atoms with van der Waals surface area (Å²) >= 11 is 0. The van der Waals surface area contributed by atoms with Crippen LogP contribution in [0.15, 0.2) is 13.6 Å². The van der Waals surface area contributed by atoms with Crippen molar-refractivity contribution in [1.82, 2.24) is 4.90 Å². The fourth-order valence-corrected chi connectivity index (χ4v) is 5.05. The first kappa shape index (κ1) is 15.8. The summed E-state index contributed by atoms with van der Waals surface area (Å²) in [7, 11) is -3.67. The highest BCUT2D eigenvalue weighted by Gasteiger charge is 2.68. The summed E-state index contributed by atoms with van der Waals surface area (Å²) in [5.74, 6) is -1.99. The van der Waals surface area contributed by atoms with E-state index < -0.39 is 43.7 Å². The topological polar surface area (TPSA) is 124 Å². The summed E-state index contributed by atoms with van der Waals surface area (Å²) in [4.78, 5) is 36.1. The van der Waals surface area contributed by atoms with Crippen molar-refractivity contribution in [3.8, 4) is 0 Å². The molecular formula is C13H15NO8S. The Morgan fingerprint density at radius 1 is 1.35 bits per heavy atom. The Kier molecular flexibility index (Phi) is 3.22. The summed E-state index contributed by atoms with van der Waals surface area (Å²) in [5.41, 5.74) is 0. The van der Waals surface area contributed by atoms with Crippen molar-refractivity contribution in [1.29, 1.82) is 0 Å². The van der Waals surface area contributed by atoms with Crippen LogP contribution in [0.3, 0.4) is 0 Å². The quantitative estimate of drug-likeness (QED) is 0.541. The predicted molar refractivity (Wildman–Crippen MR) is 73.8 cm³/mol.